The van der Waals surface area contributed by atoms with Crippen molar-refractivity contribution in [3.8, 4) is 11.5 Å². The van der Waals surface area contributed by atoms with Gasteiger partial charge in [-0.1, -0.05) is 25.6 Å². The van der Waals surface area contributed by atoms with Gasteiger partial charge < -0.3 is 66.2 Å². The van der Waals surface area contributed by atoms with Crippen LogP contribution in [0, 0.1) is 5.41 Å². The number of thioether (sulfide) groups is 1. The molecule has 0 aliphatic carbocycles. The van der Waals surface area contributed by atoms with Crippen molar-refractivity contribution in [3.63, 3.8) is 0 Å². The van der Waals surface area contributed by atoms with Gasteiger partial charge in [-0.15, -0.1) is 0 Å². The predicted octanol–water partition coefficient (Wildman–Crippen LogP) is 1.50. The Morgan fingerprint density at radius 3 is 2.19 bits per heavy atom. The fraction of sp³-hybridized carbons (Fsp3) is 0.400. The molecule has 0 bridgehead atoms. The lowest BCUT2D eigenvalue weighted by atomic mass is 9.87. The zero-order valence-corrected chi connectivity index (χ0v) is 39.2. The molecule has 1 aliphatic heterocycles. The molecule has 2 aromatic heterocycles. The van der Waals surface area contributed by atoms with Gasteiger partial charge in [0.15, 0.2) is 17.7 Å². The number of nitrogens with zero attached hydrogens (tertiary/aromatic N) is 6. The molecule has 7 unspecified atom stereocenters. The van der Waals surface area contributed by atoms with Crippen LogP contribution in [0.4, 0.5) is 17.2 Å². The van der Waals surface area contributed by atoms with E-state index < -0.39 is 107 Å². The summed E-state index contributed by atoms with van der Waals surface area (Å²) in [5.41, 5.74) is 3.84. The summed E-state index contributed by atoms with van der Waals surface area (Å²) in [6, 6.07) is 7.30. The summed E-state index contributed by atoms with van der Waals surface area (Å²) in [4.78, 5) is 100. The molecule has 1 saturated heterocycles. The van der Waals surface area contributed by atoms with Gasteiger partial charge in [0, 0.05) is 30.7 Å². The number of ether oxygens (including phenoxy) is 1. The molecule has 1 fully saturated rings. The van der Waals surface area contributed by atoms with Crippen LogP contribution in [-0.2, 0) is 45.9 Å². The first kappa shape index (κ1) is 54.6. The van der Waals surface area contributed by atoms with E-state index in [0.29, 0.717) is 0 Å². The molecule has 1 aliphatic rings. The van der Waals surface area contributed by atoms with E-state index in [1.54, 1.807) is 0 Å². The third-order valence-corrected chi connectivity index (χ3v) is 13.4. The summed E-state index contributed by atoms with van der Waals surface area (Å²) in [7, 11) is -16.6. The van der Waals surface area contributed by atoms with Crippen LogP contribution in [0.3, 0.4) is 0 Å². The summed E-state index contributed by atoms with van der Waals surface area (Å²) < 4.78 is 62.3. The molecular weight excluding hydrogens is 1010 g/mol. The zero-order chi connectivity index (χ0) is 51.1. The highest BCUT2D eigenvalue weighted by atomic mass is 32.2. The number of hydrogen-bond donors (Lipinski definition) is 12. The van der Waals surface area contributed by atoms with Crippen molar-refractivity contribution in [2.45, 2.75) is 50.9 Å². The highest BCUT2D eigenvalue weighted by molar-refractivity contribution is 8.14. The number of nitrogens with two attached hydrogens (primary N) is 1. The van der Waals surface area contributed by atoms with Gasteiger partial charge in [0.25, 0.3) is 0 Å². The van der Waals surface area contributed by atoms with Gasteiger partial charge in [-0.3, -0.25) is 32.5 Å². The first-order chi connectivity index (χ1) is 32.2. The number of azo groups is 1. The third kappa shape index (κ3) is 15.1. The summed E-state index contributed by atoms with van der Waals surface area (Å²) in [6.07, 6.45) is -7.29. The van der Waals surface area contributed by atoms with Crippen molar-refractivity contribution in [3.05, 3.63) is 60.2 Å². The minimum absolute atomic E-state index is 0.00778. The number of aliphatic hydroxyl groups is 2. The van der Waals surface area contributed by atoms with Crippen LogP contribution in [0.1, 0.15) is 47.2 Å². The van der Waals surface area contributed by atoms with E-state index in [-0.39, 0.29) is 64.9 Å². The molecule has 2 amide bonds. The Balaban J connectivity index is 1.03. The van der Waals surface area contributed by atoms with Crippen LogP contribution < -0.4 is 16.4 Å². The number of hydrogen-bond acceptors (Lipinski definition) is 23. The van der Waals surface area contributed by atoms with Crippen molar-refractivity contribution in [2.75, 3.05) is 37.8 Å². The second-order valence-corrected chi connectivity index (χ2v) is 20.4. The fourth-order valence-electron chi connectivity index (χ4n) is 5.97. The Kier molecular flexibility index (Phi) is 17.9. The number of imidazole rings is 1. The van der Waals surface area contributed by atoms with E-state index in [0.717, 1.165) is 41.1 Å². The van der Waals surface area contributed by atoms with E-state index >= 15 is 0 Å². The predicted molar refractivity (Wildman–Crippen MR) is 234 cm³/mol. The Hall–Kier alpha value is -5.33. The molecule has 13 N–H and O–H groups in total. The smallest absolute Gasteiger partial charge is 0.481 e. The molecule has 30 nitrogen and oxygen atoms in total. The largest absolute Gasteiger partial charge is 0.507 e. The topological polar surface area (TPSA) is 466 Å². The number of carboxylic acids is 1. The zero-order valence-electron chi connectivity index (χ0n) is 35.7. The number of amides is 2. The fourth-order valence-corrected chi connectivity index (χ4v) is 9.51. The number of fused-ring (bicyclic) bond motifs is 1. The maximum absolute atomic E-state index is 12.8. The number of carboxylic acid groups (broad SMARTS) is 1. The van der Waals surface area contributed by atoms with E-state index in [2.05, 4.69) is 44.6 Å². The van der Waals surface area contributed by atoms with Gasteiger partial charge in [-0.2, -0.15) is 14.5 Å². The van der Waals surface area contributed by atoms with E-state index in [1.165, 1.54) is 38.1 Å². The molecular formula is C35H44N9O21P3S. The molecule has 7 atom stereocenters. The molecule has 376 valence electrons. The summed E-state index contributed by atoms with van der Waals surface area (Å²) in [5, 5.41) is 62.7. The third-order valence-electron chi connectivity index (χ3n) is 9.43. The summed E-state index contributed by atoms with van der Waals surface area (Å²) >= 11 is 0.742. The number of rotatable bonds is 23. The van der Waals surface area contributed by atoms with Crippen molar-refractivity contribution in [1.29, 1.82) is 0 Å². The van der Waals surface area contributed by atoms with Crippen LogP contribution in [-0.4, -0.2) is 144 Å². The Morgan fingerprint density at radius 1 is 0.928 bits per heavy atom. The number of anilines is 1. The monoisotopic (exact) mass is 1050 g/mol. The molecule has 34 heteroatoms. The normalized spacial score (nSPS) is 19.8. The number of benzene rings is 2. The number of nitrogens with one attached hydrogen (secondary N) is 2. The van der Waals surface area contributed by atoms with Crippen LogP contribution in [0.15, 0.2) is 59.3 Å². The molecule has 0 saturated carbocycles. The number of aromatic hydroxyl groups is 2. The average molecular weight is 1050 g/mol. The highest BCUT2D eigenvalue weighted by Crippen LogP contribution is 2.61. The number of nitrogen functional groups attached to an aromatic ring is 1. The SMILES string of the molecule is CC(C)(COP(=O)(O)OP(=O)(O)OCC1OC(n2cnc3c(N)ncnc32)C(O)C1OP(=O)(O)O)C(O)C(=O)NCCC(=O)NCCSC(=O)c1cc(N=Nc2ccc(O)c(C(=O)O)c2)ccc1O. The van der Waals surface area contributed by atoms with Gasteiger partial charge in [-0.05, 0) is 36.4 Å². The number of carbonyl (C=O) groups excluding carboxylic acids is 3. The maximum Gasteiger partial charge on any atom is 0.481 e. The van der Waals surface area contributed by atoms with E-state index in [9.17, 15) is 72.9 Å². The van der Waals surface area contributed by atoms with Crippen molar-refractivity contribution in [1.82, 2.24) is 30.2 Å². The number of aromatic carboxylic acids is 1. The Morgan fingerprint density at radius 2 is 1.55 bits per heavy atom. The van der Waals surface area contributed by atoms with Gasteiger partial charge in [-0.25, -0.2) is 33.4 Å². The second-order valence-electron chi connectivity index (χ2n) is 15.1. The molecule has 3 heterocycles. The Labute approximate surface area is 392 Å². The number of phenols is 2. The number of phosphoric ester groups is 3. The minimum Gasteiger partial charge on any atom is -0.507 e. The lowest BCUT2D eigenvalue weighted by Gasteiger charge is -2.30. The quantitative estimate of drug-likeness (QED) is 0.0284. The van der Waals surface area contributed by atoms with Crippen LogP contribution in [0.5, 0.6) is 11.5 Å². The lowest BCUT2D eigenvalue weighted by Crippen LogP contribution is -2.46. The lowest BCUT2D eigenvalue weighted by molar-refractivity contribution is -0.137. The first-order valence-electron chi connectivity index (χ1n) is 19.5. The Bertz CT molecular complexity index is 2740. The first-order valence-corrected chi connectivity index (χ1v) is 25.0. The number of aliphatic hydroxyl groups excluding tert-OH is 2. The molecule has 0 spiro atoms. The van der Waals surface area contributed by atoms with Gasteiger partial charge in [0.2, 0.25) is 16.9 Å². The molecule has 69 heavy (non-hydrogen) atoms. The summed E-state index contributed by atoms with van der Waals surface area (Å²) in [5.74, 6) is -3.87. The minimum atomic E-state index is -5.63. The van der Waals surface area contributed by atoms with Crippen LogP contribution >= 0.6 is 35.2 Å². The number of phenolic OH excluding ortho intramolecular Hbond substituents is 1. The standard InChI is InChI=1S/C35H44N9O21P3S/c1-35(2,14-62-68(59,60)65-67(57,58)61-13-23-27(64-66(54,55)56)26(48)32(63-23)44-16-41-25-29(36)39-15-40-30(25)44)28(49)31(50)38-8-7-24(47)37-9-10-69-34(53)20-12-18(4-6-22(20)46)43-42-17-3-5-21(45)19(11-17)33(51)52/h3-6,11-12,15-16,23,26-28,32,45-46,48-49H,7-10,13-14H2,1-2H3,(H,37,47)(H,38,50)(H,51,52)(H,57,58)(H,59,60)(H2,36,39,40)(H2,54,55,56). The highest BCUT2D eigenvalue weighted by Gasteiger charge is 2.50. The number of carbonyl (C=O) groups is 4. The number of phosphoric acid groups is 3. The van der Waals surface area contributed by atoms with Crippen LogP contribution in [0.2, 0.25) is 0 Å². The van der Waals surface area contributed by atoms with Crippen LogP contribution in [0.25, 0.3) is 11.2 Å². The van der Waals surface area contributed by atoms with Crippen molar-refractivity contribution < 1.29 is 101 Å². The van der Waals surface area contributed by atoms with Crippen molar-refractivity contribution >= 4 is 86.5 Å². The molecule has 4 aromatic rings. The van der Waals surface area contributed by atoms with Crippen molar-refractivity contribution in [2.24, 2.45) is 15.6 Å². The average Bonchev–Trinajstić information content (AvgIpc) is 3.83. The van der Waals surface area contributed by atoms with Gasteiger partial charge in [0.05, 0.1) is 36.5 Å². The molecule has 5 rings (SSSR count). The van der Waals surface area contributed by atoms with Gasteiger partial charge >= 0.3 is 29.4 Å². The van der Waals surface area contributed by atoms with Gasteiger partial charge in [0.1, 0.15) is 53.3 Å². The van der Waals surface area contributed by atoms with E-state index in [1.807, 2.05) is 0 Å². The molecule has 0 radical (unpaired) electrons. The maximum atomic E-state index is 12.8. The number of aromatic nitrogens is 4. The summed E-state index contributed by atoms with van der Waals surface area (Å²) in [6.45, 7) is -0.0367. The molecule has 2 aromatic carbocycles. The second kappa shape index (κ2) is 22.6. The van der Waals surface area contributed by atoms with E-state index in [4.69, 9.17) is 24.6 Å².